The van der Waals surface area contributed by atoms with Crippen LogP contribution in [0.5, 0.6) is 0 Å². The number of aromatic nitrogens is 6. The number of fused-ring (bicyclic) bond motifs is 1. The van der Waals surface area contributed by atoms with Crippen LogP contribution in [0.1, 0.15) is 19.3 Å². The average molecular weight is 468 g/mol. The van der Waals surface area contributed by atoms with Gasteiger partial charge in [0.05, 0.1) is 18.9 Å². The summed E-state index contributed by atoms with van der Waals surface area (Å²) in [6.45, 7) is 1.16. The number of alkyl halides is 2. The molecule has 172 valence electrons. The van der Waals surface area contributed by atoms with Gasteiger partial charge in [-0.15, -0.1) is 5.10 Å². The van der Waals surface area contributed by atoms with Crippen LogP contribution in [0.3, 0.4) is 0 Å². The highest BCUT2D eigenvalue weighted by Gasteiger charge is 2.40. The number of likely N-dealkylation sites (tertiary alicyclic amines) is 1. The minimum absolute atomic E-state index is 0.108. The van der Waals surface area contributed by atoms with Crippen molar-refractivity contribution in [1.82, 2.24) is 34.7 Å². The molecule has 14 heteroatoms. The van der Waals surface area contributed by atoms with Crippen LogP contribution in [0.4, 0.5) is 20.5 Å². The van der Waals surface area contributed by atoms with E-state index >= 15 is 0 Å². The molecule has 0 amide bonds. The summed E-state index contributed by atoms with van der Waals surface area (Å²) in [7, 11) is 0. The van der Waals surface area contributed by atoms with E-state index in [0.29, 0.717) is 41.8 Å². The van der Waals surface area contributed by atoms with Crippen molar-refractivity contribution in [3.63, 3.8) is 0 Å². The fourth-order valence-corrected chi connectivity index (χ4v) is 4.81. The van der Waals surface area contributed by atoms with Gasteiger partial charge in [0, 0.05) is 43.9 Å². The monoisotopic (exact) mass is 467 g/mol. The quantitative estimate of drug-likeness (QED) is 0.461. The van der Waals surface area contributed by atoms with E-state index in [0.717, 1.165) is 12.8 Å². The molecule has 0 bridgehead atoms. The number of H-pyrrole nitrogens is 1. The van der Waals surface area contributed by atoms with E-state index in [1.165, 1.54) is 0 Å². The molecule has 3 aromatic heterocycles. The van der Waals surface area contributed by atoms with E-state index in [1.807, 2.05) is 4.90 Å². The van der Waals surface area contributed by atoms with Crippen molar-refractivity contribution in [1.29, 1.82) is 0 Å². The normalized spacial score (nSPS) is 20.8. The van der Waals surface area contributed by atoms with Crippen molar-refractivity contribution >= 4 is 28.5 Å². The Kier molecular flexibility index (Phi) is 5.51. The number of hydrogen-bond acceptors (Lipinski definition) is 8. The summed E-state index contributed by atoms with van der Waals surface area (Å²) in [6, 6.07) is 0.108. The van der Waals surface area contributed by atoms with Gasteiger partial charge < -0.3 is 14.8 Å². The number of piperidine rings is 1. The van der Waals surface area contributed by atoms with E-state index in [-0.39, 0.29) is 24.9 Å². The van der Waals surface area contributed by atoms with Crippen LogP contribution in [0, 0.1) is 0 Å². The second-order valence-electron chi connectivity index (χ2n) is 8.14. The molecule has 0 saturated carbocycles. The summed E-state index contributed by atoms with van der Waals surface area (Å²) in [4.78, 5) is 12.5. The summed E-state index contributed by atoms with van der Waals surface area (Å²) in [5, 5.41) is 14.6. The molecule has 0 aliphatic carbocycles. The summed E-state index contributed by atoms with van der Waals surface area (Å²) in [5.41, 5.74) is 1.64. The van der Waals surface area contributed by atoms with Gasteiger partial charge in [0.1, 0.15) is 11.6 Å². The van der Waals surface area contributed by atoms with E-state index in [9.17, 15) is 13.0 Å². The lowest BCUT2D eigenvalue weighted by molar-refractivity contribution is 0.0256. The minimum atomic E-state index is -2.77. The molecule has 5 heterocycles. The first-order valence-electron chi connectivity index (χ1n) is 10.3. The molecule has 2 saturated heterocycles. The molecule has 0 aromatic carbocycles. The highest BCUT2D eigenvalue weighted by atomic mass is 32.2. The standard InChI is InChI=1S/C18H23F2N9O2S/c19-18(20)3-6-28(10-18)16-15(12-7-22-23-8-12)21-9-14-25-17(26-29(14)16)24-13-1-4-27(5-2-13)11-32(30)31/h7-9,13H,1-6,10-11H2,(H,22,23)(H,24,26)(H,30,31). The topological polar surface area (TPSA) is 128 Å². The number of anilines is 2. The lowest BCUT2D eigenvalue weighted by Crippen LogP contribution is -2.40. The predicted octanol–water partition coefficient (Wildman–Crippen LogP) is 1.42. The fraction of sp³-hybridized carbons (Fsp3) is 0.556. The Morgan fingerprint density at radius 1 is 1.28 bits per heavy atom. The van der Waals surface area contributed by atoms with Crippen LogP contribution < -0.4 is 10.2 Å². The van der Waals surface area contributed by atoms with Gasteiger partial charge in [0.2, 0.25) is 5.95 Å². The maximum absolute atomic E-state index is 14.0. The molecule has 3 N–H and O–H groups in total. The first-order valence-corrected chi connectivity index (χ1v) is 11.6. The van der Waals surface area contributed by atoms with Crippen molar-refractivity contribution in [2.24, 2.45) is 0 Å². The number of nitrogens with one attached hydrogen (secondary N) is 2. The summed E-state index contributed by atoms with van der Waals surface area (Å²) in [5.74, 6) is -1.77. The van der Waals surface area contributed by atoms with Crippen LogP contribution in [-0.4, -0.2) is 87.5 Å². The Bertz CT molecular complexity index is 1120. The predicted molar refractivity (Wildman–Crippen MR) is 114 cm³/mol. The first kappa shape index (κ1) is 21.2. The lowest BCUT2D eigenvalue weighted by Gasteiger charge is -2.30. The number of aromatic amines is 1. The zero-order chi connectivity index (χ0) is 22.3. The van der Waals surface area contributed by atoms with E-state index in [1.54, 1.807) is 28.0 Å². The number of hydrogen-bond donors (Lipinski definition) is 3. The Morgan fingerprint density at radius 2 is 2.09 bits per heavy atom. The molecule has 3 aromatic rings. The van der Waals surface area contributed by atoms with Crippen LogP contribution in [0.25, 0.3) is 16.9 Å². The molecule has 1 unspecified atom stereocenters. The van der Waals surface area contributed by atoms with Gasteiger partial charge in [0.25, 0.3) is 5.92 Å². The second kappa shape index (κ2) is 8.33. The highest BCUT2D eigenvalue weighted by Crippen LogP contribution is 2.36. The molecule has 2 aliphatic rings. The molecular formula is C18H23F2N9O2S. The third kappa shape index (κ3) is 4.29. The fourth-order valence-electron chi connectivity index (χ4n) is 4.23. The molecular weight excluding hydrogens is 444 g/mol. The van der Waals surface area contributed by atoms with Crippen molar-refractivity contribution in [2.45, 2.75) is 31.2 Å². The highest BCUT2D eigenvalue weighted by molar-refractivity contribution is 7.79. The zero-order valence-electron chi connectivity index (χ0n) is 17.1. The van der Waals surface area contributed by atoms with E-state index < -0.39 is 23.5 Å². The third-order valence-electron chi connectivity index (χ3n) is 5.81. The van der Waals surface area contributed by atoms with Crippen LogP contribution in [-0.2, 0) is 11.1 Å². The van der Waals surface area contributed by atoms with Gasteiger partial charge in [-0.2, -0.15) is 14.6 Å². The van der Waals surface area contributed by atoms with Gasteiger partial charge in [-0.1, -0.05) is 0 Å². The molecule has 1 atom stereocenters. The number of rotatable bonds is 6. The molecule has 5 rings (SSSR count). The third-order valence-corrected chi connectivity index (χ3v) is 6.39. The van der Waals surface area contributed by atoms with Crippen molar-refractivity contribution < 1.29 is 17.5 Å². The molecule has 2 aliphatic heterocycles. The van der Waals surface area contributed by atoms with Crippen molar-refractivity contribution in [3.8, 4) is 11.3 Å². The smallest absolute Gasteiger partial charge is 0.266 e. The van der Waals surface area contributed by atoms with Gasteiger partial charge in [-0.05, 0) is 12.8 Å². The Hall–Kier alpha value is -2.71. The van der Waals surface area contributed by atoms with Crippen LogP contribution in [0.2, 0.25) is 0 Å². The summed E-state index contributed by atoms with van der Waals surface area (Å²) < 4.78 is 49.6. The molecule has 0 radical (unpaired) electrons. The van der Waals surface area contributed by atoms with Gasteiger partial charge in [-0.3, -0.25) is 10.00 Å². The minimum Gasteiger partial charge on any atom is -0.350 e. The Balaban J connectivity index is 1.42. The van der Waals surface area contributed by atoms with Gasteiger partial charge in [-0.25, -0.2) is 18.0 Å². The summed E-state index contributed by atoms with van der Waals surface area (Å²) >= 11 is -1.84. The lowest BCUT2D eigenvalue weighted by atomic mass is 10.1. The van der Waals surface area contributed by atoms with Crippen LogP contribution in [0.15, 0.2) is 18.6 Å². The average Bonchev–Trinajstić information content (AvgIpc) is 3.47. The SMILES string of the molecule is O=S(O)CN1CCC(Nc2nc3cnc(-c4cn[nH]c4)c(N4CCC(F)(F)C4)n3n2)CC1. The number of nitrogens with zero attached hydrogens (tertiary/aromatic N) is 7. The van der Waals surface area contributed by atoms with E-state index in [4.69, 9.17) is 4.55 Å². The molecule has 11 nitrogen and oxygen atoms in total. The Morgan fingerprint density at radius 3 is 2.75 bits per heavy atom. The maximum atomic E-state index is 14.0. The van der Waals surface area contributed by atoms with Gasteiger partial charge >= 0.3 is 0 Å². The maximum Gasteiger partial charge on any atom is 0.266 e. The van der Waals surface area contributed by atoms with Crippen LogP contribution >= 0.6 is 0 Å². The molecule has 32 heavy (non-hydrogen) atoms. The second-order valence-corrected chi connectivity index (χ2v) is 9.04. The van der Waals surface area contributed by atoms with Crippen molar-refractivity contribution in [3.05, 3.63) is 18.6 Å². The largest absolute Gasteiger partial charge is 0.350 e. The van der Waals surface area contributed by atoms with E-state index in [2.05, 4.69) is 30.6 Å². The number of halogens is 2. The first-order chi connectivity index (χ1) is 15.4. The van der Waals surface area contributed by atoms with Crippen molar-refractivity contribution in [2.75, 3.05) is 42.3 Å². The summed E-state index contributed by atoms with van der Waals surface area (Å²) in [6.07, 6.45) is 6.14. The molecule has 0 spiro atoms. The molecule has 2 fully saturated rings. The Labute approximate surface area is 184 Å². The zero-order valence-corrected chi connectivity index (χ0v) is 17.9. The van der Waals surface area contributed by atoms with Gasteiger partial charge in [0.15, 0.2) is 22.5 Å².